The summed E-state index contributed by atoms with van der Waals surface area (Å²) in [4.78, 5) is 11.0. The Balaban J connectivity index is 2.16. The van der Waals surface area contributed by atoms with Gasteiger partial charge in [0, 0.05) is 18.8 Å². The molecule has 0 spiro atoms. The molecule has 1 rings (SSSR count). The van der Waals surface area contributed by atoms with E-state index in [1.807, 2.05) is 24.6 Å². The van der Waals surface area contributed by atoms with E-state index >= 15 is 0 Å². The molecular formula is C11H19N3O3. The number of aromatic nitrogens is 2. The summed E-state index contributed by atoms with van der Waals surface area (Å²) >= 11 is 0. The van der Waals surface area contributed by atoms with Crippen molar-refractivity contribution in [2.75, 3.05) is 19.8 Å². The van der Waals surface area contributed by atoms with Crippen molar-refractivity contribution in [1.29, 1.82) is 0 Å². The second kappa shape index (κ2) is 6.90. The second-order valence-corrected chi connectivity index (χ2v) is 3.79. The van der Waals surface area contributed by atoms with Gasteiger partial charge in [-0.1, -0.05) is 0 Å². The van der Waals surface area contributed by atoms with Crippen LogP contribution in [0.25, 0.3) is 0 Å². The average molecular weight is 241 g/mol. The van der Waals surface area contributed by atoms with Crippen molar-refractivity contribution in [3.63, 3.8) is 0 Å². The van der Waals surface area contributed by atoms with E-state index in [9.17, 15) is 4.79 Å². The van der Waals surface area contributed by atoms with Crippen LogP contribution in [0.3, 0.4) is 0 Å². The number of nitrogens with zero attached hydrogens (tertiary/aromatic N) is 2. The van der Waals surface area contributed by atoms with Crippen LogP contribution in [0.2, 0.25) is 0 Å². The van der Waals surface area contributed by atoms with Crippen LogP contribution in [-0.4, -0.2) is 40.7 Å². The van der Waals surface area contributed by atoms with Gasteiger partial charge in [0.2, 0.25) is 0 Å². The first-order chi connectivity index (χ1) is 8.13. The van der Waals surface area contributed by atoms with Crippen LogP contribution in [0.5, 0.6) is 0 Å². The van der Waals surface area contributed by atoms with E-state index in [2.05, 4.69) is 15.2 Å². The van der Waals surface area contributed by atoms with Gasteiger partial charge in [-0.15, -0.1) is 0 Å². The lowest BCUT2D eigenvalue weighted by molar-refractivity contribution is 0.119. The number of aliphatic hydroxyl groups is 1. The zero-order chi connectivity index (χ0) is 12.7. The second-order valence-electron chi connectivity index (χ2n) is 3.79. The summed E-state index contributed by atoms with van der Waals surface area (Å²) in [5.74, 6) is 0. The zero-order valence-electron chi connectivity index (χ0n) is 10.3. The standard InChI is InChI=1S/C11H19N3O3/c1-9-8-10(2)14(13-9)5-3-4-12-11(16)17-7-6-15/h8,15H,3-7H2,1-2H3,(H,12,16). The van der Waals surface area contributed by atoms with E-state index in [0.717, 1.165) is 24.4 Å². The summed E-state index contributed by atoms with van der Waals surface area (Å²) in [6.45, 7) is 5.13. The Morgan fingerprint density at radius 3 is 2.94 bits per heavy atom. The molecule has 17 heavy (non-hydrogen) atoms. The molecular weight excluding hydrogens is 222 g/mol. The lowest BCUT2D eigenvalue weighted by atomic mass is 10.4. The molecule has 0 unspecified atom stereocenters. The summed E-state index contributed by atoms with van der Waals surface area (Å²) in [5, 5.41) is 15.4. The van der Waals surface area contributed by atoms with Gasteiger partial charge in [0.15, 0.2) is 0 Å². The molecule has 1 aromatic heterocycles. The van der Waals surface area contributed by atoms with E-state index in [-0.39, 0.29) is 13.2 Å². The highest BCUT2D eigenvalue weighted by atomic mass is 16.6. The molecule has 0 atom stereocenters. The lowest BCUT2D eigenvalue weighted by Crippen LogP contribution is -2.27. The summed E-state index contributed by atoms with van der Waals surface area (Å²) in [6.07, 6.45) is 0.295. The Morgan fingerprint density at radius 2 is 2.35 bits per heavy atom. The number of alkyl carbamates (subject to hydrolysis) is 1. The SMILES string of the molecule is Cc1cc(C)n(CCCNC(=O)OCCO)n1. The number of hydrogen-bond donors (Lipinski definition) is 2. The first kappa shape index (κ1) is 13.5. The molecule has 0 aliphatic carbocycles. The molecule has 0 saturated carbocycles. The van der Waals surface area contributed by atoms with Crippen molar-refractivity contribution in [3.8, 4) is 0 Å². The summed E-state index contributed by atoms with van der Waals surface area (Å²) in [6, 6.07) is 2.02. The highest BCUT2D eigenvalue weighted by Gasteiger charge is 2.02. The highest BCUT2D eigenvalue weighted by Crippen LogP contribution is 2.02. The molecule has 0 fully saturated rings. The van der Waals surface area contributed by atoms with Gasteiger partial charge in [-0.05, 0) is 26.3 Å². The topological polar surface area (TPSA) is 76.4 Å². The minimum absolute atomic E-state index is 0.0310. The molecule has 2 N–H and O–H groups in total. The smallest absolute Gasteiger partial charge is 0.407 e. The Labute approximate surface area is 101 Å². The maximum Gasteiger partial charge on any atom is 0.407 e. The third-order valence-corrected chi connectivity index (χ3v) is 2.24. The number of carbonyl (C=O) groups is 1. The maximum atomic E-state index is 11.0. The fourth-order valence-corrected chi connectivity index (χ4v) is 1.51. The van der Waals surface area contributed by atoms with E-state index in [4.69, 9.17) is 5.11 Å². The number of carbonyl (C=O) groups excluding carboxylic acids is 1. The van der Waals surface area contributed by atoms with Gasteiger partial charge in [0.05, 0.1) is 12.3 Å². The quantitative estimate of drug-likeness (QED) is 0.715. The molecule has 0 radical (unpaired) electrons. The third-order valence-electron chi connectivity index (χ3n) is 2.24. The van der Waals surface area contributed by atoms with Crippen LogP contribution in [0.15, 0.2) is 6.07 Å². The van der Waals surface area contributed by atoms with Crippen LogP contribution in [0, 0.1) is 13.8 Å². The Bertz CT molecular complexity index is 363. The normalized spacial score (nSPS) is 10.3. The number of nitrogens with one attached hydrogen (secondary N) is 1. The summed E-state index contributed by atoms with van der Waals surface area (Å²) in [7, 11) is 0. The van der Waals surface area contributed by atoms with Crippen LogP contribution >= 0.6 is 0 Å². The molecule has 96 valence electrons. The van der Waals surface area contributed by atoms with Gasteiger partial charge < -0.3 is 15.2 Å². The molecule has 0 saturated heterocycles. The predicted molar refractivity (Wildman–Crippen MR) is 62.8 cm³/mol. The number of aliphatic hydroxyl groups excluding tert-OH is 1. The molecule has 1 amide bonds. The Hall–Kier alpha value is -1.56. The number of amides is 1. The zero-order valence-corrected chi connectivity index (χ0v) is 10.3. The third kappa shape index (κ3) is 4.86. The van der Waals surface area contributed by atoms with Crippen LogP contribution in [0.1, 0.15) is 17.8 Å². The highest BCUT2D eigenvalue weighted by molar-refractivity contribution is 5.66. The van der Waals surface area contributed by atoms with Crippen molar-refractivity contribution >= 4 is 6.09 Å². The number of hydrogen-bond acceptors (Lipinski definition) is 4. The van der Waals surface area contributed by atoms with Crippen LogP contribution < -0.4 is 5.32 Å². The molecule has 0 aliphatic rings. The van der Waals surface area contributed by atoms with E-state index in [1.165, 1.54) is 0 Å². The molecule has 6 nitrogen and oxygen atoms in total. The van der Waals surface area contributed by atoms with E-state index < -0.39 is 6.09 Å². The van der Waals surface area contributed by atoms with Crippen molar-refractivity contribution in [2.24, 2.45) is 0 Å². The minimum atomic E-state index is -0.493. The monoisotopic (exact) mass is 241 g/mol. The van der Waals surface area contributed by atoms with Crippen molar-refractivity contribution in [2.45, 2.75) is 26.8 Å². The van der Waals surface area contributed by atoms with Crippen LogP contribution in [-0.2, 0) is 11.3 Å². The van der Waals surface area contributed by atoms with Gasteiger partial charge in [-0.2, -0.15) is 5.10 Å². The number of rotatable bonds is 6. The van der Waals surface area contributed by atoms with Crippen molar-refractivity contribution < 1.29 is 14.6 Å². The molecule has 0 aromatic carbocycles. The fraction of sp³-hybridized carbons (Fsp3) is 0.636. The van der Waals surface area contributed by atoms with Gasteiger partial charge in [0.25, 0.3) is 0 Å². The van der Waals surface area contributed by atoms with Crippen molar-refractivity contribution in [1.82, 2.24) is 15.1 Å². The maximum absolute atomic E-state index is 11.0. The Morgan fingerprint density at radius 1 is 1.59 bits per heavy atom. The van der Waals surface area contributed by atoms with Gasteiger partial charge in [-0.25, -0.2) is 4.79 Å². The number of ether oxygens (including phenoxy) is 1. The van der Waals surface area contributed by atoms with Crippen LogP contribution in [0.4, 0.5) is 4.79 Å². The largest absolute Gasteiger partial charge is 0.447 e. The lowest BCUT2D eigenvalue weighted by Gasteiger charge is -2.06. The van der Waals surface area contributed by atoms with Gasteiger partial charge in [0.1, 0.15) is 6.61 Å². The Kier molecular flexibility index (Phi) is 5.48. The van der Waals surface area contributed by atoms with Gasteiger partial charge in [-0.3, -0.25) is 4.68 Å². The molecule has 1 aromatic rings. The summed E-state index contributed by atoms with van der Waals surface area (Å²) in [5.41, 5.74) is 2.11. The van der Waals surface area contributed by atoms with E-state index in [0.29, 0.717) is 6.54 Å². The fourth-order valence-electron chi connectivity index (χ4n) is 1.51. The molecule has 6 heteroatoms. The van der Waals surface area contributed by atoms with Crippen molar-refractivity contribution in [3.05, 3.63) is 17.5 Å². The number of aryl methyl sites for hydroxylation is 3. The molecule has 0 aliphatic heterocycles. The summed E-state index contributed by atoms with van der Waals surface area (Å²) < 4.78 is 6.56. The first-order valence-electron chi connectivity index (χ1n) is 5.66. The minimum Gasteiger partial charge on any atom is -0.447 e. The first-order valence-corrected chi connectivity index (χ1v) is 5.66. The van der Waals surface area contributed by atoms with E-state index in [1.54, 1.807) is 0 Å². The molecule has 0 bridgehead atoms. The predicted octanol–water partition coefficient (Wildman–Crippen LogP) is 0.609. The average Bonchev–Trinajstić information content (AvgIpc) is 2.60. The molecule has 1 heterocycles. The van der Waals surface area contributed by atoms with Gasteiger partial charge >= 0.3 is 6.09 Å².